The number of methoxy groups -OCH3 is 1. The number of alkyl halides is 3. The lowest BCUT2D eigenvalue weighted by Gasteiger charge is -2.31. The Hall–Kier alpha value is -2.31. The zero-order valence-electron chi connectivity index (χ0n) is 20.8. The van der Waals surface area contributed by atoms with E-state index in [2.05, 4.69) is 9.50 Å². The van der Waals surface area contributed by atoms with Gasteiger partial charge in [0, 0.05) is 77.1 Å². The van der Waals surface area contributed by atoms with Crippen molar-refractivity contribution >= 4 is 71.2 Å². The van der Waals surface area contributed by atoms with Crippen molar-refractivity contribution in [2.24, 2.45) is 13.0 Å². The molecule has 1 aliphatic rings. The molecule has 204 valence electrons. The summed E-state index contributed by atoms with van der Waals surface area (Å²) in [5, 5.41) is 1.32. The topological polar surface area (TPSA) is 73.7 Å². The summed E-state index contributed by atoms with van der Waals surface area (Å²) in [4.78, 5) is 30.7. The molecule has 38 heavy (non-hydrogen) atoms. The van der Waals surface area contributed by atoms with Crippen molar-refractivity contribution in [2.75, 3.05) is 20.2 Å². The molecule has 0 atom stereocenters. The van der Waals surface area contributed by atoms with E-state index in [-0.39, 0.29) is 34.3 Å². The van der Waals surface area contributed by atoms with Crippen molar-refractivity contribution in [3.63, 3.8) is 0 Å². The van der Waals surface area contributed by atoms with E-state index >= 15 is 0 Å². The normalized spacial score (nSPS) is 14.6. The van der Waals surface area contributed by atoms with Gasteiger partial charge in [-0.1, -0.05) is 27.7 Å². The Bertz CT molecular complexity index is 1390. The van der Waals surface area contributed by atoms with Crippen LogP contribution in [0, 0.1) is 5.92 Å². The lowest BCUT2D eigenvalue weighted by atomic mass is 9.93. The lowest BCUT2D eigenvalue weighted by Crippen LogP contribution is -2.39. The first-order valence-electron chi connectivity index (χ1n) is 11.8. The number of hydrogen-bond donors (Lipinski definition) is 0. The van der Waals surface area contributed by atoms with Crippen molar-refractivity contribution < 1.29 is 27.8 Å². The molecule has 0 aliphatic carbocycles. The molecular weight excluding hydrogens is 654 g/mol. The Morgan fingerprint density at radius 2 is 1.95 bits per heavy atom. The highest BCUT2D eigenvalue weighted by atomic mass is 127. The molecular formula is C26H26Cl2F2IN3O4. The van der Waals surface area contributed by atoms with Crippen molar-refractivity contribution in [2.45, 2.75) is 29.8 Å². The second kappa shape index (κ2) is 11.8. The van der Waals surface area contributed by atoms with Crippen LogP contribution < -0.4 is 4.74 Å². The number of amides is 1. The van der Waals surface area contributed by atoms with E-state index < -0.39 is 24.8 Å². The van der Waals surface area contributed by atoms with E-state index in [1.54, 1.807) is 24.1 Å². The van der Waals surface area contributed by atoms with Gasteiger partial charge in [0.15, 0.2) is 0 Å². The standard InChI is InChI=1S/C26H26Cl2F2IN3O4/c1-31-26(29,30)38-18-5-4-16-11-17(33(2)21(16)13-18)12-19-20(27)14-32-24(23(19)28)25(36)34-8-6-15(7-9-34)10-22(35)37-3/h4-5,11,13-15H,1,6-10,12H2,2-3H3. The highest BCUT2D eigenvalue weighted by Gasteiger charge is 2.29. The summed E-state index contributed by atoms with van der Waals surface area (Å²) in [6.07, 6.45) is 3.41. The first kappa shape index (κ1) is 28.7. The predicted molar refractivity (Wildman–Crippen MR) is 152 cm³/mol. The summed E-state index contributed by atoms with van der Waals surface area (Å²) in [6.45, 7) is 0.971. The number of hydrogen-bond acceptors (Lipinski definition) is 5. The van der Waals surface area contributed by atoms with Gasteiger partial charge >= 0.3 is 10.1 Å². The molecule has 0 spiro atoms. The highest BCUT2D eigenvalue weighted by molar-refractivity contribution is 14.2. The minimum absolute atomic E-state index is 0.0572. The van der Waals surface area contributed by atoms with Gasteiger partial charge in [0.25, 0.3) is 5.91 Å². The number of carbonyl (C=O) groups is 2. The third-order valence-corrected chi connectivity index (χ3v) is 8.56. The average molecular weight is 680 g/mol. The quantitative estimate of drug-likeness (QED) is 0.161. The summed E-state index contributed by atoms with van der Waals surface area (Å²) >= 11 is 11.5. The predicted octanol–water partition coefficient (Wildman–Crippen LogP) is 6.22. The number of aromatic nitrogens is 2. The molecule has 1 saturated heterocycles. The smallest absolute Gasteiger partial charge is 0.445 e. The van der Waals surface area contributed by atoms with Crippen molar-refractivity contribution in [1.82, 2.24) is 14.5 Å². The van der Waals surface area contributed by atoms with Gasteiger partial charge in [-0.2, -0.15) is 8.78 Å². The third kappa shape index (κ3) is 6.28. The average Bonchev–Trinajstić information content (AvgIpc) is 3.20. The third-order valence-electron chi connectivity index (χ3n) is 6.72. The molecule has 1 fully saturated rings. The highest BCUT2D eigenvalue weighted by Crippen LogP contribution is 2.35. The van der Waals surface area contributed by atoms with Gasteiger partial charge in [0.2, 0.25) is 0 Å². The first-order valence-corrected chi connectivity index (χ1v) is 15.1. The number of carbonyl (C=O) groups excluding carboxylic acids is 2. The molecule has 2 aromatic heterocycles. The van der Waals surface area contributed by atoms with Crippen LogP contribution in [0.1, 0.15) is 41.0 Å². The van der Waals surface area contributed by atoms with Gasteiger partial charge < -0.3 is 18.9 Å². The monoisotopic (exact) mass is 679 g/mol. The summed E-state index contributed by atoms with van der Waals surface area (Å²) < 4.78 is 38.9. The molecule has 0 radical (unpaired) electrons. The van der Waals surface area contributed by atoms with Crippen LogP contribution in [0.3, 0.4) is 0 Å². The van der Waals surface area contributed by atoms with Crippen LogP contribution in [0.2, 0.25) is 10.0 Å². The van der Waals surface area contributed by atoms with E-state index in [9.17, 15) is 18.4 Å². The van der Waals surface area contributed by atoms with E-state index in [1.165, 1.54) is 19.4 Å². The van der Waals surface area contributed by atoms with Gasteiger partial charge in [-0.05, 0) is 42.5 Å². The zero-order valence-corrected chi connectivity index (χ0v) is 24.4. The number of aryl methyl sites for hydroxylation is 1. The molecule has 1 aromatic carbocycles. The number of rotatable bonds is 8. The zero-order chi connectivity index (χ0) is 27.6. The van der Waals surface area contributed by atoms with Crippen LogP contribution in [-0.4, -0.2) is 55.2 Å². The first-order chi connectivity index (χ1) is 18.0. The van der Waals surface area contributed by atoms with Crippen LogP contribution in [0.4, 0.5) is 8.78 Å². The fourth-order valence-electron chi connectivity index (χ4n) is 4.57. The molecule has 1 aliphatic heterocycles. The van der Waals surface area contributed by atoms with Crippen LogP contribution in [0.25, 0.3) is 10.9 Å². The Labute approximate surface area is 238 Å². The summed E-state index contributed by atoms with van der Waals surface area (Å²) in [7, 11) is 3.17. The van der Waals surface area contributed by atoms with Crippen LogP contribution in [0.15, 0.2) is 30.5 Å². The molecule has 0 unspecified atom stereocenters. The number of piperidine rings is 1. The number of esters is 1. The van der Waals surface area contributed by atoms with Gasteiger partial charge in [0.1, 0.15) is 11.4 Å². The van der Waals surface area contributed by atoms with Crippen molar-refractivity contribution in [1.29, 1.82) is 0 Å². The Morgan fingerprint density at radius 1 is 1.24 bits per heavy atom. The number of fused-ring (bicyclic) bond motifs is 1. The van der Waals surface area contributed by atoms with E-state index in [1.807, 2.05) is 10.6 Å². The van der Waals surface area contributed by atoms with Gasteiger partial charge in [-0.25, -0.2) is 4.98 Å². The molecule has 3 aromatic rings. The van der Waals surface area contributed by atoms with E-state index in [0.29, 0.717) is 54.9 Å². The fraction of sp³-hybridized carbons (Fsp3) is 0.385. The number of nitrogens with zero attached hydrogens (tertiary/aromatic N) is 3. The van der Waals surface area contributed by atoms with Crippen molar-refractivity contribution in [3.8, 4) is 5.75 Å². The SMILES string of the molecule is C=IC(F)(F)Oc1ccc2cc(Cc3c(Cl)cnc(C(=O)N4CCC(CC(=O)OC)CC4)c3Cl)n(C)c2c1. The number of likely N-dealkylation sites (tertiary alicyclic amines) is 1. The maximum atomic E-state index is 13.7. The van der Waals surface area contributed by atoms with E-state index in [0.717, 1.165) is 11.1 Å². The molecule has 3 heterocycles. The molecule has 0 N–H and O–H groups in total. The van der Waals surface area contributed by atoms with Gasteiger partial charge in [-0.15, -0.1) is 0 Å². The fourth-order valence-corrected chi connectivity index (χ4v) is 5.53. The summed E-state index contributed by atoms with van der Waals surface area (Å²) in [5.74, 6) is -0.324. The molecule has 1 amide bonds. The van der Waals surface area contributed by atoms with Crippen LogP contribution >= 0.6 is 43.9 Å². The lowest BCUT2D eigenvalue weighted by molar-refractivity contribution is -0.142. The number of benzene rings is 1. The van der Waals surface area contributed by atoms with Gasteiger partial charge in [0.05, 0.1) is 22.7 Å². The maximum absolute atomic E-state index is 13.7. The maximum Gasteiger partial charge on any atom is 0.445 e. The minimum Gasteiger partial charge on any atom is -0.469 e. The molecule has 0 bridgehead atoms. The van der Waals surface area contributed by atoms with E-state index in [4.69, 9.17) is 32.7 Å². The largest absolute Gasteiger partial charge is 0.469 e. The van der Waals surface area contributed by atoms with Crippen molar-refractivity contribution in [3.05, 3.63) is 57.5 Å². The molecule has 0 saturated carbocycles. The second-order valence-corrected chi connectivity index (χ2v) is 11.8. The molecule has 12 heteroatoms. The number of pyridine rings is 1. The van der Waals surface area contributed by atoms with Crippen LogP contribution in [0.5, 0.6) is 5.75 Å². The Balaban J connectivity index is 1.55. The number of ether oxygens (including phenoxy) is 2. The minimum atomic E-state index is -3.25. The Kier molecular flexibility index (Phi) is 8.93. The Morgan fingerprint density at radius 3 is 2.61 bits per heavy atom. The van der Waals surface area contributed by atoms with Crippen LogP contribution in [-0.2, 0) is 23.0 Å². The summed E-state index contributed by atoms with van der Waals surface area (Å²) in [5.41, 5.74) is 2.17. The number of halogens is 5. The van der Waals surface area contributed by atoms with Gasteiger partial charge in [-0.3, -0.25) is 9.59 Å². The summed E-state index contributed by atoms with van der Waals surface area (Å²) in [6, 6.07) is 6.67. The second-order valence-electron chi connectivity index (χ2n) is 9.04. The molecule has 7 nitrogen and oxygen atoms in total. The molecule has 4 rings (SSSR count).